The number of benzene rings is 1. The molecule has 1 aliphatic carbocycles. The number of ether oxygens (including phenoxy) is 4. The lowest BCUT2D eigenvalue weighted by atomic mass is 9.78. The standard InChI is InChI=1S/C46H62N4O11/c1-22(2)21-50-18-16-46(17-19-50)48-34-31-32-39(54)28(8)42-33(31)43(56)45(10,61-42)59-20-15-30(58-11)25(5)41(60-29(9)51)27(7)38(53)26(6)37(52)23(3)13-12-14-24(4)44(57)47-36(40(32)55)35(34)49-46/h12-15,20,22-23,25-27,30,37-38,41,49,52-54H,16-19,21H2,1-11H3,(H,47,57)/b13-12-,20-15-,24-14-/t23-,25-,26+,27+,30-,37-,38+,41-,45+/m1/s1. The van der Waals surface area contributed by atoms with Gasteiger partial charge in [-0.15, -0.1) is 0 Å². The van der Waals surface area contributed by atoms with E-state index in [1.54, 1.807) is 58.9 Å². The summed E-state index contributed by atoms with van der Waals surface area (Å²) in [5.74, 6) is -6.78. The van der Waals surface area contributed by atoms with Crippen molar-refractivity contribution in [3.63, 3.8) is 0 Å². The summed E-state index contributed by atoms with van der Waals surface area (Å²) in [6.45, 7) is 19.5. The van der Waals surface area contributed by atoms with Crippen LogP contribution in [0.15, 0.2) is 52.5 Å². The van der Waals surface area contributed by atoms with Crippen molar-refractivity contribution < 1.29 is 53.4 Å². The van der Waals surface area contributed by atoms with E-state index in [-0.39, 0.29) is 50.7 Å². The Morgan fingerprint density at radius 2 is 1.66 bits per heavy atom. The van der Waals surface area contributed by atoms with E-state index in [1.165, 1.54) is 34.1 Å². The number of phenols is 1. The number of allylic oxidation sites excluding steroid dienone is 4. The molecule has 0 radical (unpaired) electrons. The van der Waals surface area contributed by atoms with Crippen molar-refractivity contribution in [3.8, 4) is 11.5 Å². The highest BCUT2D eigenvalue weighted by atomic mass is 16.7. The number of nitrogens with zero attached hydrogens (tertiary/aromatic N) is 2. The number of rotatable bonds is 4. The van der Waals surface area contributed by atoms with Gasteiger partial charge in [-0.3, -0.25) is 24.2 Å². The molecule has 332 valence electrons. The molecule has 0 unspecified atom stereocenters. The molecule has 5 bridgehead atoms. The molecule has 4 heterocycles. The van der Waals surface area contributed by atoms with Gasteiger partial charge in [0.1, 0.15) is 29.0 Å². The maximum absolute atomic E-state index is 14.7. The minimum atomic E-state index is -1.97. The first-order chi connectivity index (χ1) is 28.6. The summed E-state index contributed by atoms with van der Waals surface area (Å²) in [5.41, 5.74) is -0.192. The van der Waals surface area contributed by atoms with Crippen molar-refractivity contribution in [3.05, 3.63) is 69.8 Å². The third-order valence-electron chi connectivity index (χ3n) is 13.0. The molecule has 1 aromatic carbocycles. The second-order valence-corrected chi connectivity index (χ2v) is 18.0. The van der Waals surface area contributed by atoms with Gasteiger partial charge in [0.2, 0.25) is 5.78 Å². The Kier molecular flexibility index (Phi) is 13.1. The van der Waals surface area contributed by atoms with Gasteiger partial charge in [0.25, 0.3) is 11.7 Å². The van der Waals surface area contributed by atoms with Crippen LogP contribution in [0, 0.1) is 36.5 Å². The number of aliphatic hydroxyl groups is 2. The highest BCUT2D eigenvalue weighted by Crippen LogP contribution is 2.50. The van der Waals surface area contributed by atoms with E-state index in [2.05, 4.69) is 29.4 Å². The highest BCUT2D eigenvalue weighted by molar-refractivity contribution is 6.34. The number of carbonyl (C=O) groups is 4. The smallest absolute Gasteiger partial charge is 0.312 e. The van der Waals surface area contributed by atoms with Crippen LogP contribution in [0.4, 0.5) is 0 Å². The lowest BCUT2D eigenvalue weighted by Crippen LogP contribution is -2.50. The third kappa shape index (κ3) is 8.54. The van der Waals surface area contributed by atoms with Crippen molar-refractivity contribution in [2.24, 2.45) is 34.6 Å². The summed E-state index contributed by atoms with van der Waals surface area (Å²) in [6.07, 6.45) is 5.06. The van der Waals surface area contributed by atoms with Crippen LogP contribution in [-0.4, -0.2) is 112 Å². The van der Waals surface area contributed by atoms with Crippen molar-refractivity contribution in [1.29, 1.82) is 0 Å². The minimum Gasteiger partial charge on any atom is -0.507 e. The molecule has 5 aliphatic rings. The molecule has 6 rings (SSSR count). The molecular weight excluding hydrogens is 785 g/mol. The van der Waals surface area contributed by atoms with Gasteiger partial charge >= 0.3 is 11.8 Å². The van der Waals surface area contributed by atoms with Crippen LogP contribution in [0.1, 0.15) is 107 Å². The number of hydrogen-bond acceptors (Lipinski definition) is 14. The van der Waals surface area contributed by atoms with Crippen molar-refractivity contribution in [2.75, 3.05) is 26.7 Å². The highest BCUT2D eigenvalue weighted by Gasteiger charge is 2.54. The van der Waals surface area contributed by atoms with E-state index in [1.807, 2.05) is 0 Å². The fourth-order valence-electron chi connectivity index (χ4n) is 9.27. The second-order valence-electron chi connectivity index (χ2n) is 18.0. The number of ketones is 2. The second kappa shape index (κ2) is 17.5. The Hall–Kier alpha value is -4.83. The topological polar surface area (TPSA) is 206 Å². The maximum Gasteiger partial charge on any atom is 0.312 e. The average molecular weight is 847 g/mol. The summed E-state index contributed by atoms with van der Waals surface area (Å²) in [6, 6.07) is 0. The van der Waals surface area contributed by atoms with Gasteiger partial charge in [-0.1, -0.05) is 59.8 Å². The number of hydrogen-bond donors (Lipinski definition) is 5. The number of fused-ring (bicyclic) bond motifs is 3. The van der Waals surface area contributed by atoms with E-state index in [0.29, 0.717) is 18.8 Å². The lowest BCUT2D eigenvalue weighted by Gasteiger charge is -2.38. The molecule has 0 aromatic heterocycles. The number of carbonyl (C=O) groups excluding carboxylic acids is 4. The molecule has 1 aromatic rings. The number of phenolic OH excluding ortho intramolecular Hbond substituents is 1. The Morgan fingerprint density at radius 1 is 0.984 bits per heavy atom. The van der Waals surface area contributed by atoms with Crippen LogP contribution in [0.2, 0.25) is 0 Å². The molecule has 9 atom stereocenters. The molecule has 1 spiro atoms. The van der Waals surface area contributed by atoms with Crippen LogP contribution >= 0.6 is 0 Å². The van der Waals surface area contributed by atoms with Gasteiger partial charge in [-0.05, 0) is 25.8 Å². The number of piperidine rings is 1. The zero-order valence-electron chi connectivity index (χ0n) is 37.1. The zero-order valence-corrected chi connectivity index (χ0v) is 37.1. The van der Waals surface area contributed by atoms with Crippen LogP contribution < -0.4 is 15.4 Å². The molecule has 1 fully saturated rings. The molecule has 15 nitrogen and oxygen atoms in total. The minimum absolute atomic E-state index is 0.0164. The predicted octanol–water partition coefficient (Wildman–Crippen LogP) is 4.62. The van der Waals surface area contributed by atoms with E-state index in [9.17, 15) is 34.5 Å². The number of nitrogens with one attached hydrogen (secondary N) is 2. The van der Waals surface area contributed by atoms with Gasteiger partial charge < -0.3 is 49.8 Å². The van der Waals surface area contributed by atoms with Crippen LogP contribution in [0.5, 0.6) is 11.5 Å². The van der Waals surface area contributed by atoms with Crippen molar-refractivity contribution in [1.82, 2.24) is 15.5 Å². The Balaban J connectivity index is 1.49. The normalized spacial score (nSPS) is 33.8. The number of aromatic hydroxyl groups is 1. The number of amides is 1. The predicted molar refractivity (Wildman–Crippen MR) is 227 cm³/mol. The van der Waals surface area contributed by atoms with Crippen LogP contribution in [0.3, 0.4) is 0 Å². The van der Waals surface area contributed by atoms with Gasteiger partial charge in [0, 0.05) is 93.8 Å². The number of aliphatic imine (C=N–C) groups is 1. The molecule has 0 saturated carbocycles. The average Bonchev–Trinajstić information content (AvgIpc) is 3.71. The summed E-state index contributed by atoms with van der Waals surface area (Å²) < 4.78 is 24.0. The Labute approximate surface area is 357 Å². The van der Waals surface area contributed by atoms with Crippen molar-refractivity contribution >= 4 is 29.2 Å². The fourth-order valence-corrected chi connectivity index (χ4v) is 9.27. The molecule has 4 aliphatic heterocycles. The Bertz CT molecular complexity index is 2110. The SMILES string of the molecule is CO[C@@H]1/C=C\O[C@@]2(C)Oc3c(C)c(O)c4c(c3C2=O)C2=NC3(CCN(CC(C)C)CC3)NC2=C(NC(=O)/C(C)=C\C=C/[C@@H](C)[C@@H](O)[C@H](C)[C@H](O)[C@H](C)[C@H](OC(C)=O)[C@@H]1C)C4=O. The van der Waals surface area contributed by atoms with Gasteiger partial charge in [-0.2, -0.15) is 0 Å². The van der Waals surface area contributed by atoms with Gasteiger partial charge in [0.05, 0.1) is 47.1 Å². The number of esters is 1. The Morgan fingerprint density at radius 3 is 2.28 bits per heavy atom. The number of aliphatic hydroxyl groups excluding tert-OH is 2. The van der Waals surface area contributed by atoms with Gasteiger partial charge in [0.15, 0.2) is 0 Å². The third-order valence-corrected chi connectivity index (χ3v) is 13.0. The van der Waals surface area contributed by atoms with Gasteiger partial charge in [-0.25, -0.2) is 0 Å². The summed E-state index contributed by atoms with van der Waals surface area (Å²) in [7, 11) is 1.46. The number of likely N-dealkylation sites (tertiary alicyclic amines) is 1. The first-order valence-electron chi connectivity index (χ1n) is 21.3. The molecule has 1 amide bonds. The van der Waals surface area contributed by atoms with E-state index in [0.717, 1.165) is 19.6 Å². The van der Waals surface area contributed by atoms with Crippen LogP contribution in [-0.2, 0) is 23.8 Å². The summed E-state index contributed by atoms with van der Waals surface area (Å²) >= 11 is 0. The molecule has 1 saturated heterocycles. The maximum atomic E-state index is 14.7. The zero-order chi connectivity index (χ0) is 44.9. The van der Waals surface area contributed by atoms with E-state index < -0.39 is 88.7 Å². The molecule has 5 N–H and O–H groups in total. The first kappa shape index (κ1) is 45.7. The molecular formula is C46H62N4O11. The quantitative estimate of drug-likeness (QED) is 0.263. The first-order valence-corrected chi connectivity index (χ1v) is 21.3. The van der Waals surface area contributed by atoms with E-state index >= 15 is 0 Å². The molecule has 15 heteroatoms. The molecule has 61 heavy (non-hydrogen) atoms. The monoisotopic (exact) mass is 846 g/mol. The van der Waals surface area contributed by atoms with E-state index in [4.69, 9.17) is 23.9 Å². The van der Waals surface area contributed by atoms with Crippen molar-refractivity contribution in [2.45, 2.75) is 118 Å². The fraction of sp³-hybridized carbons (Fsp3) is 0.587. The summed E-state index contributed by atoms with van der Waals surface area (Å²) in [4.78, 5) is 63.3. The summed E-state index contributed by atoms with van der Waals surface area (Å²) in [5, 5.41) is 41.0. The number of methoxy groups -OCH3 is 1. The number of Topliss-reactive ketones (excluding diaryl/α,β-unsaturated/α-hetero) is 2. The van der Waals surface area contributed by atoms with Crippen LogP contribution in [0.25, 0.3) is 0 Å². The largest absolute Gasteiger partial charge is 0.507 e. The lowest BCUT2D eigenvalue weighted by molar-refractivity contribution is -0.160.